The lowest BCUT2D eigenvalue weighted by atomic mass is 9.67. The van der Waals surface area contributed by atoms with Crippen molar-refractivity contribution in [2.24, 2.45) is 17.8 Å². The van der Waals surface area contributed by atoms with E-state index in [-0.39, 0.29) is 35.8 Å². The molecule has 3 unspecified atom stereocenters. The Hall–Kier alpha value is -1.84. The minimum Gasteiger partial charge on any atom is -0.491 e. The number of rotatable bonds is 5. The van der Waals surface area contributed by atoms with E-state index >= 15 is 0 Å². The fourth-order valence-electron chi connectivity index (χ4n) is 4.24. The highest BCUT2D eigenvalue weighted by Gasteiger charge is 2.41. The standard InChI is InChI=1S/C21H29NO3/c1-13(2)25-19-9-5-6-15(12-19)14(3)22-21(24)18-10-16-7-4-8-17(11-18)20(16)23/h5-6,9,12-14,16-18H,4,7-8,10-11H2,1-3H3,(H,22,24). The molecule has 1 N–H and O–H groups in total. The smallest absolute Gasteiger partial charge is 0.223 e. The lowest BCUT2D eigenvalue weighted by Gasteiger charge is -2.37. The number of Topliss-reactive ketones (excluding diaryl/α,β-unsaturated/α-hetero) is 1. The minimum absolute atomic E-state index is 0.0226. The zero-order valence-electron chi connectivity index (χ0n) is 15.5. The molecule has 1 amide bonds. The fourth-order valence-corrected chi connectivity index (χ4v) is 4.24. The first-order valence-electron chi connectivity index (χ1n) is 9.54. The Labute approximate surface area is 150 Å². The average molecular weight is 343 g/mol. The largest absolute Gasteiger partial charge is 0.491 e. The van der Waals surface area contributed by atoms with Crippen molar-refractivity contribution in [1.82, 2.24) is 5.32 Å². The molecule has 4 heteroatoms. The molecule has 2 aliphatic carbocycles. The first kappa shape index (κ1) is 18.0. The van der Waals surface area contributed by atoms with Crippen molar-refractivity contribution < 1.29 is 14.3 Å². The van der Waals surface area contributed by atoms with Crippen molar-refractivity contribution in [2.75, 3.05) is 0 Å². The lowest BCUT2D eigenvalue weighted by Crippen LogP contribution is -2.43. The van der Waals surface area contributed by atoms with Gasteiger partial charge >= 0.3 is 0 Å². The lowest BCUT2D eigenvalue weighted by molar-refractivity contribution is -0.137. The molecule has 0 radical (unpaired) electrons. The van der Waals surface area contributed by atoms with Gasteiger partial charge in [-0.2, -0.15) is 0 Å². The zero-order valence-corrected chi connectivity index (χ0v) is 15.5. The monoisotopic (exact) mass is 343 g/mol. The van der Waals surface area contributed by atoms with Crippen LogP contribution in [-0.2, 0) is 9.59 Å². The van der Waals surface area contributed by atoms with Gasteiger partial charge in [0, 0.05) is 17.8 Å². The van der Waals surface area contributed by atoms with Crippen molar-refractivity contribution in [3.05, 3.63) is 29.8 Å². The number of hydrogen-bond donors (Lipinski definition) is 1. The highest BCUT2D eigenvalue weighted by Crippen LogP contribution is 2.40. The van der Waals surface area contributed by atoms with Gasteiger partial charge in [-0.05, 0) is 64.2 Å². The summed E-state index contributed by atoms with van der Waals surface area (Å²) < 4.78 is 5.74. The second kappa shape index (κ2) is 7.59. The number of hydrogen-bond acceptors (Lipinski definition) is 3. The molecule has 1 aromatic carbocycles. The number of carbonyl (C=O) groups is 2. The van der Waals surface area contributed by atoms with Gasteiger partial charge < -0.3 is 10.1 Å². The molecule has 2 fully saturated rings. The van der Waals surface area contributed by atoms with E-state index in [1.807, 2.05) is 45.0 Å². The van der Waals surface area contributed by atoms with Gasteiger partial charge in [-0.3, -0.25) is 9.59 Å². The molecule has 0 aliphatic heterocycles. The third-order valence-electron chi connectivity index (χ3n) is 5.51. The van der Waals surface area contributed by atoms with E-state index in [9.17, 15) is 9.59 Å². The normalized spacial score (nSPS) is 27.0. The number of amides is 1. The van der Waals surface area contributed by atoms with Crippen LogP contribution in [-0.4, -0.2) is 17.8 Å². The van der Waals surface area contributed by atoms with Crippen LogP contribution in [0.1, 0.15) is 64.5 Å². The van der Waals surface area contributed by atoms with Crippen LogP contribution in [0.4, 0.5) is 0 Å². The molecular formula is C21H29NO3. The van der Waals surface area contributed by atoms with Crippen molar-refractivity contribution in [3.8, 4) is 5.75 Å². The van der Waals surface area contributed by atoms with Crippen molar-refractivity contribution in [2.45, 2.75) is 65.0 Å². The van der Waals surface area contributed by atoms with Gasteiger partial charge in [0.2, 0.25) is 5.91 Å². The summed E-state index contributed by atoms with van der Waals surface area (Å²) in [6.07, 6.45) is 4.63. The number of carbonyl (C=O) groups excluding carboxylic acids is 2. The molecule has 2 aliphatic rings. The summed E-state index contributed by atoms with van der Waals surface area (Å²) in [5, 5.41) is 3.14. The van der Waals surface area contributed by atoms with Gasteiger partial charge in [0.05, 0.1) is 12.1 Å². The first-order valence-corrected chi connectivity index (χ1v) is 9.54. The summed E-state index contributed by atoms with van der Waals surface area (Å²) >= 11 is 0. The van der Waals surface area contributed by atoms with Crippen LogP contribution < -0.4 is 10.1 Å². The summed E-state index contributed by atoms with van der Waals surface area (Å²) in [6.45, 7) is 6.00. The molecular weight excluding hydrogens is 314 g/mol. The van der Waals surface area contributed by atoms with E-state index in [4.69, 9.17) is 4.74 Å². The Kier molecular flexibility index (Phi) is 5.45. The quantitative estimate of drug-likeness (QED) is 0.877. The number of ketones is 1. The van der Waals surface area contributed by atoms with Crippen LogP contribution in [0, 0.1) is 17.8 Å². The summed E-state index contributed by atoms with van der Waals surface area (Å²) in [5.74, 6) is 1.52. The Bertz CT molecular complexity index is 624. The average Bonchev–Trinajstić information content (AvgIpc) is 2.54. The predicted octanol–water partition coefficient (Wildman–Crippen LogP) is 4.05. The second-order valence-electron chi connectivity index (χ2n) is 7.86. The molecule has 136 valence electrons. The van der Waals surface area contributed by atoms with Gasteiger partial charge in [0.15, 0.2) is 0 Å². The summed E-state index contributed by atoms with van der Waals surface area (Å²) in [4.78, 5) is 24.9. The number of ether oxygens (including phenoxy) is 1. The predicted molar refractivity (Wildman–Crippen MR) is 97.3 cm³/mol. The van der Waals surface area contributed by atoms with Gasteiger partial charge in [-0.15, -0.1) is 0 Å². The maximum atomic E-state index is 12.7. The Morgan fingerprint density at radius 2 is 1.84 bits per heavy atom. The van der Waals surface area contributed by atoms with Gasteiger partial charge in [0.25, 0.3) is 0 Å². The maximum Gasteiger partial charge on any atom is 0.223 e. The molecule has 0 saturated heterocycles. The van der Waals surface area contributed by atoms with Gasteiger partial charge in [-0.1, -0.05) is 18.6 Å². The van der Waals surface area contributed by atoms with Crippen LogP contribution in [0.3, 0.4) is 0 Å². The molecule has 0 aromatic heterocycles. The number of benzene rings is 1. The molecule has 25 heavy (non-hydrogen) atoms. The van der Waals surface area contributed by atoms with Crippen LogP contribution in [0.2, 0.25) is 0 Å². The Balaban J connectivity index is 1.62. The summed E-state index contributed by atoms with van der Waals surface area (Å²) in [6, 6.07) is 7.83. The van der Waals surface area contributed by atoms with Gasteiger partial charge in [-0.25, -0.2) is 0 Å². The van der Waals surface area contributed by atoms with Crippen LogP contribution in [0.15, 0.2) is 24.3 Å². The van der Waals surface area contributed by atoms with E-state index < -0.39 is 0 Å². The topological polar surface area (TPSA) is 55.4 Å². The first-order chi connectivity index (χ1) is 11.9. The third-order valence-corrected chi connectivity index (χ3v) is 5.51. The summed E-state index contributed by atoms with van der Waals surface area (Å²) in [5.41, 5.74) is 1.04. The van der Waals surface area contributed by atoms with E-state index in [2.05, 4.69) is 5.32 Å². The van der Waals surface area contributed by atoms with Crippen LogP contribution >= 0.6 is 0 Å². The Morgan fingerprint density at radius 1 is 1.16 bits per heavy atom. The molecule has 1 aromatic rings. The number of fused-ring (bicyclic) bond motifs is 2. The highest BCUT2D eigenvalue weighted by atomic mass is 16.5. The molecule has 3 atom stereocenters. The Morgan fingerprint density at radius 3 is 2.48 bits per heavy atom. The molecule has 2 bridgehead atoms. The van der Waals surface area contributed by atoms with E-state index in [0.29, 0.717) is 5.78 Å². The van der Waals surface area contributed by atoms with Crippen LogP contribution in [0.5, 0.6) is 5.75 Å². The van der Waals surface area contributed by atoms with E-state index in [1.54, 1.807) is 0 Å². The van der Waals surface area contributed by atoms with Crippen LogP contribution in [0.25, 0.3) is 0 Å². The molecule has 2 saturated carbocycles. The fraction of sp³-hybridized carbons (Fsp3) is 0.619. The van der Waals surface area contributed by atoms with Crippen molar-refractivity contribution in [3.63, 3.8) is 0 Å². The summed E-state index contributed by atoms with van der Waals surface area (Å²) in [7, 11) is 0. The highest BCUT2D eigenvalue weighted by molar-refractivity contribution is 5.88. The van der Waals surface area contributed by atoms with Crippen molar-refractivity contribution >= 4 is 11.7 Å². The van der Waals surface area contributed by atoms with E-state index in [1.165, 1.54) is 0 Å². The second-order valence-corrected chi connectivity index (χ2v) is 7.86. The number of nitrogens with one attached hydrogen (secondary N) is 1. The van der Waals surface area contributed by atoms with E-state index in [0.717, 1.165) is 43.4 Å². The third kappa shape index (κ3) is 4.23. The molecule has 4 nitrogen and oxygen atoms in total. The molecule has 0 heterocycles. The van der Waals surface area contributed by atoms with Gasteiger partial charge in [0.1, 0.15) is 11.5 Å². The molecule has 3 rings (SSSR count). The minimum atomic E-state index is -0.0688. The maximum absolute atomic E-state index is 12.7. The van der Waals surface area contributed by atoms with Crippen molar-refractivity contribution in [1.29, 1.82) is 0 Å². The molecule has 0 spiro atoms. The zero-order chi connectivity index (χ0) is 18.0. The SMILES string of the molecule is CC(C)Oc1cccc(C(C)NC(=O)C2CC3CCCC(C2)C3=O)c1.